The van der Waals surface area contributed by atoms with Crippen LogP contribution in [0.25, 0.3) is 0 Å². The lowest BCUT2D eigenvalue weighted by Crippen LogP contribution is -2.38. The van der Waals surface area contributed by atoms with Crippen LogP contribution < -0.4 is 0 Å². The van der Waals surface area contributed by atoms with Crippen molar-refractivity contribution in [2.24, 2.45) is 5.92 Å². The first-order valence-corrected chi connectivity index (χ1v) is 7.40. The summed E-state index contributed by atoms with van der Waals surface area (Å²) in [5.41, 5.74) is 1.14. The Morgan fingerprint density at radius 3 is 2.33 bits per heavy atom. The number of benzene rings is 1. The van der Waals surface area contributed by atoms with Crippen molar-refractivity contribution in [1.82, 2.24) is 0 Å². The van der Waals surface area contributed by atoms with Gasteiger partial charge in [-0.1, -0.05) is 49.6 Å². The zero-order chi connectivity index (χ0) is 12.4. The fourth-order valence-corrected chi connectivity index (χ4v) is 3.42. The minimum Gasteiger partial charge on any atom is -0.299 e. The molecule has 2 fully saturated rings. The van der Waals surface area contributed by atoms with Crippen molar-refractivity contribution in [2.45, 2.75) is 56.8 Å². The van der Waals surface area contributed by atoms with E-state index in [0.717, 1.165) is 19.3 Å². The largest absolute Gasteiger partial charge is 0.299 e. The van der Waals surface area contributed by atoms with Crippen molar-refractivity contribution in [2.75, 3.05) is 0 Å². The Hall–Kier alpha value is -1.11. The van der Waals surface area contributed by atoms with Gasteiger partial charge in [0.25, 0.3) is 0 Å². The Bertz CT molecular complexity index is 410. The van der Waals surface area contributed by atoms with E-state index in [9.17, 15) is 4.79 Å². The molecule has 0 amide bonds. The Morgan fingerprint density at radius 1 is 1.06 bits per heavy atom. The van der Waals surface area contributed by atoms with E-state index in [4.69, 9.17) is 0 Å². The molecule has 0 atom stereocenters. The molecule has 0 radical (unpaired) electrons. The van der Waals surface area contributed by atoms with Crippen molar-refractivity contribution in [1.29, 1.82) is 0 Å². The average Bonchev–Trinajstić information content (AvgIpc) is 3.24. The van der Waals surface area contributed by atoms with Gasteiger partial charge in [-0.3, -0.25) is 4.79 Å². The molecule has 1 nitrogen and oxygen atoms in total. The average molecular weight is 242 g/mol. The SMILES string of the molecule is O=C(CC1CC1)C1(c2ccccc2)CCCCC1. The van der Waals surface area contributed by atoms with Crippen molar-refractivity contribution < 1.29 is 4.79 Å². The first kappa shape index (κ1) is 12.0. The highest BCUT2D eigenvalue weighted by Gasteiger charge is 2.42. The minimum atomic E-state index is -0.137. The van der Waals surface area contributed by atoms with E-state index in [1.54, 1.807) is 0 Å². The summed E-state index contributed by atoms with van der Waals surface area (Å²) in [6, 6.07) is 10.5. The molecule has 0 unspecified atom stereocenters. The lowest BCUT2D eigenvalue weighted by molar-refractivity contribution is -0.126. The van der Waals surface area contributed by atoms with Gasteiger partial charge in [0, 0.05) is 6.42 Å². The van der Waals surface area contributed by atoms with Crippen LogP contribution in [0.3, 0.4) is 0 Å². The number of hydrogen-bond acceptors (Lipinski definition) is 1. The Morgan fingerprint density at radius 2 is 1.72 bits per heavy atom. The van der Waals surface area contributed by atoms with Crippen molar-refractivity contribution in [3.05, 3.63) is 35.9 Å². The highest BCUT2D eigenvalue weighted by molar-refractivity contribution is 5.90. The quantitative estimate of drug-likeness (QED) is 0.771. The number of Topliss-reactive ketones (excluding diaryl/α,β-unsaturated/α-hetero) is 1. The third-order valence-corrected chi connectivity index (χ3v) is 4.74. The maximum atomic E-state index is 12.8. The monoisotopic (exact) mass is 242 g/mol. The summed E-state index contributed by atoms with van der Waals surface area (Å²) in [6.45, 7) is 0. The summed E-state index contributed by atoms with van der Waals surface area (Å²) in [4.78, 5) is 12.8. The van der Waals surface area contributed by atoms with Crippen LogP contribution in [-0.4, -0.2) is 5.78 Å². The van der Waals surface area contributed by atoms with Crippen LogP contribution in [0.5, 0.6) is 0 Å². The molecule has 0 saturated heterocycles. The first-order valence-electron chi connectivity index (χ1n) is 7.40. The summed E-state index contributed by atoms with van der Waals surface area (Å²) < 4.78 is 0. The number of rotatable bonds is 4. The maximum Gasteiger partial charge on any atom is 0.143 e. The van der Waals surface area contributed by atoms with Gasteiger partial charge in [-0.2, -0.15) is 0 Å². The molecule has 2 aliphatic carbocycles. The van der Waals surface area contributed by atoms with E-state index >= 15 is 0 Å². The lowest BCUT2D eigenvalue weighted by Gasteiger charge is -2.36. The van der Waals surface area contributed by atoms with Gasteiger partial charge < -0.3 is 0 Å². The normalized spacial score (nSPS) is 22.7. The predicted octanol–water partition coefficient (Wildman–Crippen LogP) is 4.26. The lowest BCUT2D eigenvalue weighted by atomic mass is 9.66. The molecule has 0 aromatic heterocycles. The second-order valence-electron chi connectivity index (χ2n) is 6.08. The predicted molar refractivity (Wildman–Crippen MR) is 73.6 cm³/mol. The maximum absolute atomic E-state index is 12.8. The molecule has 0 heterocycles. The van der Waals surface area contributed by atoms with E-state index in [1.807, 2.05) is 6.07 Å². The van der Waals surface area contributed by atoms with Gasteiger partial charge in [0.05, 0.1) is 5.41 Å². The van der Waals surface area contributed by atoms with E-state index in [2.05, 4.69) is 24.3 Å². The summed E-state index contributed by atoms with van der Waals surface area (Å²) in [5, 5.41) is 0. The summed E-state index contributed by atoms with van der Waals surface area (Å²) in [7, 11) is 0. The second-order valence-corrected chi connectivity index (χ2v) is 6.08. The van der Waals surface area contributed by atoms with Gasteiger partial charge in [-0.05, 0) is 37.2 Å². The number of hydrogen-bond donors (Lipinski definition) is 0. The van der Waals surface area contributed by atoms with E-state index in [0.29, 0.717) is 11.7 Å². The Balaban J connectivity index is 1.89. The topological polar surface area (TPSA) is 17.1 Å². The number of carbonyl (C=O) groups is 1. The summed E-state index contributed by atoms with van der Waals surface area (Å²) >= 11 is 0. The van der Waals surface area contributed by atoms with Crippen LogP contribution in [0.1, 0.15) is 56.9 Å². The van der Waals surface area contributed by atoms with Crippen molar-refractivity contribution >= 4 is 5.78 Å². The molecule has 96 valence electrons. The molecule has 18 heavy (non-hydrogen) atoms. The third kappa shape index (κ3) is 2.23. The zero-order valence-electron chi connectivity index (χ0n) is 11.0. The molecular formula is C17H22O. The van der Waals surface area contributed by atoms with E-state index in [-0.39, 0.29) is 5.41 Å². The van der Waals surface area contributed by atoms with Gasteiger partial charge in [0.1, 0.15) is 5.78 Å². The van der Waals surface area contributed by atoms with Crippen LogP contribution in [0.4, 0.5) is 0 Å². The number of carbonyl (C=O) groups excluding carboxylic acids is 1. The van der Waals surface area contributed by atoms with Gasteiger partial charge in [0.2, 0.25) is 0 Å². The van der Waals surface area contributed by atoms with Crippen LogP contribution >= 0.6 is 0 Å². The highest BCUT2D eigenvalue weighted by Crippen LogP contribution is 2.44. The molecule has 0 bridgehead atoms. The van der Waals surface area contributed by atoms with E-state index in [1.165, 1.54) is 37.7 Å². The highest BCUT2D eigenvalue weighted by atomic mass is 16.1. The van der Waals surface area contributed by atoms with Gasteiger partial charge in [-0.15, -0.1) is 0 Å². The molecule has 1 heteroatoms. The molecule has 1 aromatic carbocycles. The molecule has 0 aliphatic heterocycles. The van der Waals surface area contributed by atoms with Gasteiger partial charge in [0.15, 0.2) is 0 Å². The van der Waals surface area contributed by atoms with Crippen LogP contribution in [-0.2, 0) is 10.2 Å². The number of ketones is 1. The fourth-order valence-electron chi connectivity index (χ4n) is 3.42. The van der Waals surface area contributed by atoms with Crippen LogP contribution in [0.15, 0.2) is 30.3 Å². The van der Waals surface area contributed by atoms with Crippen molar-refractivity contribution in [3.63, 3.8) is 0 Å². The molecule has 3 rings (SSSR count). The Kier molecular flexibility index (Phi) is 3.23. The molecule has 2 aliphatic rings. The Labute approximate surface area is 110 Å². The summed E-state index contributed by atoms with van der Waals surface area (Å²) in [5.74, 6) is 1.23. The first-order chi connectivity index (χ1) is 8.81. The molecule has 2 saturated carbocycles. The van der Waals surface area contributed by atoms with E-state index < -0.39 is 0 Å². The van der Waals surface area contributed by atoms with Crippen LogP contribution in [0, 0.1) is 5.92 Å². The molecular weight excluding hydrogens is 220 g/mol. The molecule has 0 N–H and O–H groups in total. The van der Waals surface area contributed by atoms with Gasteiger partial charge in [-0.25, -0.2) is 0 Å². The second kappa shape index (κ2) is 4.87. The minimum absolute atomic E-state index is 0.137. The smallest absolute Gasteiger partial charge is 0.143 e. The summed E-state index contributed by atoms with van der Waals surface area (Å²) in [6.07, 6.45) is 9.25. The van der Waals surface area contributed by atoms with Crippen molar-refractivity contribution in [3.8, 4) is 0 Å². The standard InChI is InChI=1S/C17H22O/c18-16(13-14-9-10-14)17(11-5-2-6-12-17)15-7-3-1-4-8-15/h1,3-4,7-8,14H,2,5-6,9-13H2. The zero-order valence-corrected chi connectivity index (χ0v) is 11.0. The molecule has 1 aromatic rings. The molecule has 0 spiro atoms. The van der Waals surface area contributed by atoms with Crippen LogP contribution in [0.2, 0.25) is 0 Å². The van der Waals surface area contributed by atoms with Gasteiger partial charge >= 0.3 is 0 Å². The third-order valence-electron chi connectivity index (χ3n) is 4.74. The fraction of sp³-hybridized carbons (Fsp3) is 0.588.